The van der Waals surface area contributed by atoms with Crippen LogP contribution in [0.4, 0.5) is 0 Å². The number of hydrogen-bond donors (Lipinski definition) is 1. The van der Waals surface area contributed by atoms with Crippen LogP contribution in [0.25, 0.3) is 0 Å². The van der Waals surface area contributed by atoms with Crippen molar-refractivity contribution in [3.05, 3.63) is 18.0 Å². The van der Waals surface area contributed by atoms with Crippen LogP contribution in [-0.2, 0) is 7.05 Å². The maximum absolute atomic E-state index is 4.34. The lowest BCUT2D eigenvalue weighted by Crippen LogP contribution is -2.54. The normalized spacial score (nSPS) is 19.6. The van der Waals surface area contributed by atoms with E-state index in [9.17, 15) is 0 Å². The monoisotopic (exact) mass is 264 g/mol. The molecule has 4 nitrogen and oxygen atoms in total. The van der Waals surface area contributed by atoms with E-state index < -0.39 is 0 Å². The number of likely N-dealkylation sites (tertiary alicyclic amines) is 1. The molecule has 0 bridgehead atoms. The van der Waals surface area contributed by atoms with Gasteiger partial charge < -0.3 is 5.32 Å². The summed E-state index contributed by atoms with van der Waals surface area (Å²) in [6.07, 6.45) is 8.17. The molecule has 0 radical (unpaired) electrons. The van der Waals surface area contributed by atoms with Gasteiger partial charge in [0.15, 0.2) is 0 Å². The quantitative estimate of drug-likeness (QED) is 0.886. The molecule has 0 aliphatic carbocycles. The van der Waals surface area contributed by atoms with Crippen molar-refractivity contribution in [1.29, 1.82) is 0 Å². The van der Waals surface area contributed by atoms with Crippen LogP contribution in [0, 0.1) is 0 Å². The predicted molar refractivity (Wildman–Crippen MR) is 79.1 cm³/mol. The highest BCUT2D eigenvalue weighted by Crippen LogP contribution is 2.32. The average molecular weight is 264 g/mol. The Morgan fingerprint density at radius 2 is 2.00 bits per heavy atom. The molecule has 108 valence electrons. The molecule has 4 heteroatoms. The van der Waals surface area contributed by atoms with Crippen LogP contribution >= 0.6 is 0 Å². The first kappa shape index (κ1) is 14.5. The molecule has 1 fully saturated rings. The van der Waals surface area contributed by atoms with E-state index in [0.29, 0.717) is 6.04 Å². The molecule has 1 saturated heterocycles. The van der Waals surface area contributed by atoms with Crippen LogP contribution in [0.2, 0.25) is 0 Å². The number of rotatable bonds is 5. The largest absolute Gasteiger partial charge is 0.309 e. The number of likely N-dealkylation sites (N-methyl/N-ethyl adjacent to an activating group) is 1. The van der Waals surface area contributed by atoms with E-state index in [1.165, 1.54) is 37.9 Å². The molecule has 1 aliphatic rings. The molecule has 2 heterocycles. The number of nitrogens with one attached hydrogen (secondary N) is 1. The van der Waals surface area contributed by atoms with Crippen LogP contribution in [-0.4, -0.2) is 39.9 Å². The van der Waals surface area contributed by atoms with Gasteiger partial charge in [0, 0.05) is 24.3 Å². The van der Waals surface area contributed by atoms with Crippen molar-refractivity contribution < 1.29 is 0 Å². The second-order valence-corrected chi connectivity index (χ2v) is 6.14. The lowest BCUT2D eigenvalue weighted by atomic mass is 9.86. The van der Waals surface area contributed by atoms with Gasteiger partial charge in [0.1, 0.15) is 0 Å². The van der Waals surface area contributed by atoms with Gasteiger partial charge in [0.05, 0.1) is 12.2 Å². The lowest BCUT2D eigenvalue weighted by Gasteiger charge is -2.46. The zero-order chi connectivity index (χ0) is 13.9. The molecular weight excluding hydrogens is 236 g/mol. The maximum atomic E-state index is 4.34. The number of aromatic nitrogens is 2. The van der Waals surface area contributed by atoms with Gasteiger partial charge in [-0.2, -0.15) is 5.10 Å². The van der Waals surface area contributed by atoms with Gasteiger partial charge in [0.2, 0.25) is 0 Å². The lowest BCUT2D eigenvalue weighted by molar-refractivity contribution is 0.0613. The Hall–Kier alpha value is -0.870. The SMILES string of the molecule is CCNC(c1cnn(C)c1)C(C)(C)N1CCCCC1. The van der Waals surface area contributed by atoms with Crippen LogP contribution in [0.1, 0.15) is 51.6 Å². The summed E-state index contributed by atoms with van der Waals surface area (Å²) in [5.74, 6) is 0. The second-order valence-electron chi connectivity index (χ2n) is 6.14. The highest BCUT2D eigenvalue weighted by atomic mass is 15.3. The first-order valence-corrected chi connectivity index (χ1v) is 7.52. The van der Waals surface area contributed by atoms with Crippen molar-refractivity contribution in [2.45, 2.75) is 51.6 Å². The molecule has 1 aliphatic heterocycles. The smallest absolute Gasteiger partial charge is 0.0538 e. The molecule has 1 aromatic rings. The fraction of sp³-hybridized carbons (Fsp3) is 0.800. The van der Waals surface area contributed by atoms with Crippen molar-refractivity contribution in [3.8, 4) is 0 Å². The number of aryl methyl sites for hydroxylation is 1. The van der Waals surface area contributed by atoms with Crippen LogP contribution < -0.4 is 5.32 Å². The Kier molecular flexibility index (Phi) is 4.63. The third kappa shape index (κ3) is 3.18. The van der Waals surface area contributed by atoms with Crippen molar-refractivity contribution in [3.63, 3.8) is 0 Å². The molecule has 0 spiro atoms. The van der Waals surface area contributed by atoms with Gasteiger partial charge in [-0.25, -0.2) is 0 Å². The molecule has 1 atom stereocenters. The van der Waals surface area contributed by atoms with Crippen molar-refractivity contribution >= 4 is 0 Å². The standard InChI is InChI=1S/C15H28N4/c1-5-16-14(13-11-17-18(4)12-13)15(2,3)19-9-7-6-8-10-19/h11-12,14,16H,5-10H2,1-4H3. The summed E-state index contributed by atoms with van der Waals surface area (Å²) in [4.78, 5) is 2.64. The third-order valence-corrected chi connectivity index (χ3v) is 4.34. The van der Waals surface area contributed by atoms with Gasteiger partial charge in [-0.1, -0.05) is 13.3 Å². The predicted octanol–water partition coefficient (Wildman–Crippen LogP) is 2.34. The first-order chi connectivity index (χ1) is 9.05. The van der Waals surface area contributed by atoms with E-state index >= 15 is 0 Å². The zero-order valence-corrected chi connectivity index (χ0v) is 12.8. The van der Waals surface area contributed by atoms with Gasteiger partial charge in [-0.05, 0) is 46.3 Å². The molecule has 1 unspecified atom stereocenters. The van der Waals surface area contributed by atoms with Crippen molar-refractivity contribution in [1.82, 2.24) is 20.0 Å². The third-order valence-electron chi connectivity index (χ3n) is 4.34. The minimum absolute atomic E-state index is 0.124. The van der Waals surface area contributed by atoms with E-state index in [4.69, 9.17) is 0 Å². The minimum atomic E-state index is 0.124. The van der Waals surface area contributed by atoms with Gasteiger partial charge in [-0.3, -0.25) is 9.58 Å². The number of hydrogen-bond acceptors (Lipinski definition) is 3. The summed E-state index contributed by atoms with van der Waals surface area (Å²) >= 11 is 0. The Morgan fingerprint density at radius 3 is 2.53 bits per heavy atom. The highest BCUT2D eigenvalue weighted by molar-refractivity contribution is 5.16. The Bertz CT molecular complexity index is 391. The molecule has 0 aromatic carbocycles. The Morgan fingerprint density at radius 1 is 1.32 bits per heavy atom. The fourth-order valence-electron chi connectivity index (χ4n) is 3.22. The number of nitrogens with zero attached hydrogens (tertiary/aromatic N) is 3. The van der Waals surface area contributed by atoms with E-state index in [1.807, 2.05) is 17.9 Å². The molecule has 0 amide bonds. The average Bonchev–Trinajstić information content (AvgIpc) is 2.83. The number of piperidine rings is 1. The summed E-state index contributed by atoms with van der Waals surface area (Å²) in [5, 5.41) is 7.99. The molecular formula is C15H28N4. The molecule has 1 N–H and O–H groups in total. The van der Waals surface area contributed by atoms with Gasteiger partial charge >= 0.3 is 0 Å². The van der Waals surface area contributed by atoms with Crippen molar-refractivity contribution in [2.24, 2.45) is 7.05 Å². The van der Waals surface area contributed by atoms with Gasteiger partial charge in [0.25, 0.3) is 0 Å². The minimum Gasteiger partial charge on any atom is -0.309 e. The van der Waals surface area contributed by atoms with E-state index in [2.05, 4.69) is 42.3 Å². The summed E-state index contributed by atoms with van der Waals surface area (Å²) in [5.41, 5.74) is 1.42. The fourth-order valence-corrected chi connectivity index (χ4v) is 3.22. The van der Waals surface area contributed by atoms with Crippen LogP contribution in [0.3, 0.4) is 0 Å². The summed E-state index contributed by atoms with van der Waals surface area (Å²) < 4.78 is 1.89. The van der Waals surface area contributed by atoms with Gasteiger partial charge in [-0.15, -0.1) is 0 Å². The van der Waals surface area contributed by atoms with Crippen LogP contribution in [0.5, 0.6) is 0 Å². The summed E-state index contributed by atoms with van der Waals surface area (Å²) in [7, 11) is 1.99. The van der Waals surface area contributed by atoms with Crippen molar-refractivity contribution in [2.75, 3.05) is 19.6 Å². The van der Waals surface area contributed by atoms with E-state index in [1.54, 1.807) is 0 Å². The van der Waals surface area contributed by atoms with E-state index in [0.717, 1.165) is 6.54 Å². The van der Waals surface area contributed by atoms with E-state index in [-0.39, 0.29) is 5.54 Å². The van der Waals surface area contributed by atoms with Crippen LogP contribution in [0.15, 0.2) is 12.4 Å². The first-order valence-electron chi connectivity index (χ1n) is 7.52. The highest BCUT2D eigenvalue weighted by Gasteiger charge is 2.36. The summed E-state index contributed by atoms with van der Waals surface area (Å²) in [6, 6.07) is 0.337. The molecule has 1 aromatic heterocycles. The Labute approximate surface area is 117 Å². The molecule has 19 heavy (non-hydrogen) atoms. The topological polar surface area (TPSA) is 33.1 Å². The molecule has 0 saturated carbocycles. The second kappa shape index (κ2) is 6.06. The molecule has 2 rings (SSSR count). The maximum Gasteiger partial charge on any atom is 0.0538 e. The summed E-state index contributed by atoms with van der Waals surface area (Å²) in [6.45, 7) is 10.3. The zero-order valence-electron chi connectivity index (χ0n) is 12.8. The Balaban J connectivity index is 2.20.